The van der Waals surface area contributed by atoms with Crippen molar-refractivity contribution >= 4 is 17.9 Å². The molecule has 1 amide bonds. The Morgan fingerprint density at radius 1 is 1.10 bits per heavy atom. The van der Waals surface area contributed by atoms with Crippen LogP contribution in [0, 0.1) is 0 Å². The average Bonchev–Trinajstić information content (AvgIpc) is 2.50. The van der Waals surface area contributed by atoms with Crippen molar-refractivity contribution in [1.29, 1.82) is 0 Å². The largest absolute Gasteiger partial charge is 0.322 e. The van der Waals surface area contributed by atoms with Crippen LogP contribution in [0.4, 0.5) is 5.69 Å². The lowest BCUT2D eigenvalue weighted by Gasteiger charge is -2.07. The molecule has 2 aromatic carbocycles. The third-order valence-electron chi connectivity index (χ3n) is 2.89. The highest BCUT2D eigenvalue weighted by molar-refractivity contribution is 6.04. The minimum atomic E-state index is -0.486. The van der Waals surface area contributed by atoms with Crippen LogP contribution in [0.1, 0.15) is 15.9 Å². The van der Waals surface area contributed by atoms with E-state index in [-0.39, 0.29) is 5.91 Å². The minimum absolute atomic E-state index is 0.150. The standard InChI is InChI=1S/C16H16N2O2/c17-14(11-19)10-12-6-8-15(9-7-12)18-16(20)13-4-2-1-3-5-13/h1-9,11,14H,10,17H2,(H,18,20). The van der Waals surface area contributed by atoms with Gasteiger partial charge in [-0.3, -0.25) is 4.79 Å². The normalized spacial score (nSPS) is 11.7. The molecule has 102 valence electrons. The van der Waals surface area contributed by atoms with Crippen LogP contribution in [0.15, 0.2) is 54.6 Å². The molecule has 0 saturated heterocycles. The smallest absolute Gasteiger partial charge is 0.255 e. The third kappa shape index (κ3) is 3.76. The van der Waals surface area contributed by atoms with Gasteiger partial charge in [0.25, 0.3) is 5.91 Å². The Labute approximate surface area is 117 Å². The summed E-state index contributed by atoms with van der Waals surface area (Å²) < 4.78 is 0. The summed E-state index contributed by atoms with van der Waals surface area (Å²) in [6, 6.07) is 15.8. The van der Waals surface area contributed by atoms with E-state index in [4.69, 9.17) is 5.73 Å². The number of nitrogens with two attached hydrogens (primary N) is 1. The number of rotatable bonds is 5. The van der Waals surface area contributed by atoms with Gasteiger partial charge in [-0.1, -0.05) is 30.3 Å². The van der Waals surface area contributed by atoms with Crippen molar-refractivity contribution in [2.24, 2.45) is 5.73 Å². The zero-order chi connectivity index (χ0) is 14.4. The van der Waals surface area contributed by atoms with Crippen molar-refractivity contribution in [3.05, 3.63) is 65.7 Å². The van der Waals surface area contributed by atoms with Crippen LogP contribution in [0.25, 0.3) is 0 Å². The lowest BCUT2D eigenvalue weighted by atomic mass is 10.1. The second-order valence-electron chi connectivity index (χ2n) is 4.52. The molecule has 0 saturated carbocycles. The Hall–Kier alpha value is -2.46. The molecule has 1 atom stereocenters. The quantitative estimate of drug-likeness (QED) is 0.815. The molecule has 0 bridgehead atoms. The molecule has 2 rings (SSSR count). The molecule has 4 nitrogen and oxygen atoms in total. The van der Waals surface area contributed by atoms with E-state index in [0.29, 0.717) is 17.7 Å². The van der Waals surface area contributed by atoms with Gasteiger partial charge in [0.2, 0.25) is 0 Å². The van der Waals surface area contributed by atoms with Gasteiger partial charge in [0.05, 0.1) is 6.04 Å². The van der Waals surface area contributed by atoms with Crippen LogP contribution in [-0.4, -0.2) is 18.2 Å². The maximum atomic E-state index is 11.9. The van der Waals surface area contributed by atoms with Crippen LogP contribution in [-0.2, 0) is 11.2 Å². The summed E-state index contributed by atoms with van der Waals surface area (Å²) in [6.45, 7) is 0. The zero-order valence-corrected chi connectivity index (χ0v) is 11.0. The molecule has 0 heterocycles. The summed E-state index contributed by atoms with van der Waals surface area (Å²) in [5, 5.41) is 2.81. The molecule has 0 aliphatic carbocycles. The van der Waals surface area contributed by atoms with E-state index in [1.54, 1.807) is 24.3 Å². The van der Waals surface area contributed by atoms with E-state index in [1.165, 1.54) is 0 Å². The van der Waals surface area contributed by atoms with Gasteiger partial charge in [-0.05, 0) is 36.2 Å². The van der Waals surface area contributed by atoms with E-state index >= 15 is 0 Å². The number of carbonyl (C=O) groups excluding carboxylic acids is 2. The fourth-order valence-corrected chi connectivity index (χ4v) is 1.84. The predicted molar refractivity (Wildman–Crippen MR) is 78.6 cm³/mol. The van der Waals surface area contributed by atoms with Crippen molar-refractivity contribution in [2.75, 3.05) is 5.32 Å². The molecule has 20 heavy (non-hydrogen) atoms. The Kier molecular flexibility index (Phi) is 4.63. The molecule has 4 heteroatoms. The lowest BCUT2D eigenvalue weighted by Crippen LogP contribution is -2.24. The summed E-state index contributed by atoms with van der Waals surface area (Å²) in [7, 11) is 0. The Morgan fingerprint density at radius 3 is 2.35 bits per heavy atom. The van der Waals surface area contributed by atoms with Crippen LogP contribution in [0.5, 0.6) is 0 Å². The van der Waals surface area contributed by atoms with Crippen LogP contribution < -0.4 is 11.1 Å². The van der Waals surface area contributed by atoms with Crippen molar-refractivity contribution < 1.29 is 9.59 Å². The molecule has 0 aliphatic rings. The first-order valence-corrected chi connectivity index (χ1v) is 6.35. The van der Waals surface area contributed by atoms with Gasteiger partial charge in [-0.25, -0.2) is 0 Å². The van der Waals surface area contributed by atoms with Gasteiger partial charge < -0.3 is 15.8 Å². The highest BCUT2D eigenvalue weighted by Crippen LogP contribution is 2.12. The van der Waals surface area contributed by atoms with E-state index in [9.17, 15) is 9.59 Å². The van der Waals surface area contributed by atoms with E-state index in [2.05, 4.69) is 5.32 Å². The first-order chi connectivity index (χ1) is 9.69. The number of anilines is 1. The van der Waals surface area contributed by atoms with Crippen molar-refractivity contribution in [2.45, 2.75) is 12.5 Å². The second-order valence-corrected chi connectivity index (χ2v) is 4.52. The molecular weight excluding hydrogens is 252 g/mol. The van der Waals surface area contributed by atoms with Gasteiger partial charge in [0, 0.05) is 11.3 Å². The summed E-state index contributed by atoms with van der Waals surface area (Å²) in [4.78, 5) is 22.4. The zero-order valence-electron chi connectivity index (χ0n) is 11.0. The Bertz CT molecular complexity index is 579. The first-order valence-electron chi connectivity index (χ1n) is 6.35. The second kappa shape index (κ2) is 6.63. The number of benzene rings is 2. The van der Waals surface area contributed by atoms with E-state index < -0.39 is 6.04 Å². The Balaban J connectivity index is 2.00. The summed E-state index contributed by atoms with van der Waals surface area (Å²) >= 11 is 0. The van der Waals surface area contributed by atoms with Gasteiger partial charge in [-0.2, -0.15) is 0 Å². The first kappa shape index (κ1) is 14.0. The Morgan fingerprint density at radius 2 is 1.75 bits per heavy atom. The molecule has 0 fully saturated rings. The molecule has 3 N–H and O–H groups in total. The van der Waals surface area contributed by atoms with Crippen LogP contribution in [0.2, 0.25) is 0 Å². The van der Waals surface area contributed by atoms with E-state index in [0.717, 1.165) is 11.8 Å². The monoisotopic (exact) mass is 268 g/mol. The maximum absolute atomic E-state index is 11.9. The van der Waals surface area contributed by atoms with Gasteiger partial charge >= 0.3 is 0 Å². The average molecular weight is 268 g/mol. The molecule has 0 aliphatic heterocycles. The molecule has 0 aromatic heterocycles. The maximum Gasteiger partial charge on any atom is 0.255 e. The number of nitrogens with one attached hydrogen (secondary N) is 1. The third-order valence-corrected chi connectivity index (χ3v) is 2.89. The summed E-state index contributed by atoms with van der Waals surface area (Å²) in [6.07, 6.45) is 1.22. The summed E-state index contributed by atoms with van der Waals surface area (Å²) in [5.74, 6) is -0.150. The lowest BCUT2D eigenvalue weighted by molar-refractivity contribution is -0.108. The fourth-order valence-electron chi connectivity index (χ4n) is 1.84. The van der Waals surface area contributed by atoms with E-state index in [1.807, 2.05) is 30.3 Å². The topological polar surface area (TPSA) is 72.2 Å². The van der Waals surface area contributed by atoms with Crippen molar-refractivity contribution in [3.8, 4) is 0 Å². The molecule has 0 radical (unpaired) electrons. The van der Waals surface area contributed by atoms with Gasteiger partial charge in [-0.15, -0.1) is 0 Å². The highest BCUT2D eigenvalue weighted by atomic mass is 16.1. The van der Waals surface area contributed by atoms with Crippen LogP contribution >= 0.6 is 0 Å². The minimum Gasteiger partial charge on any atom is -0.322 e. The predicted octanol–water partition coefficient (Wildman–Crippen LogP) is 2.01. The number of carbonyl (C=O) groups is 2. The number of amides is 1. The van der Waals surface area contributed by atoms with Gasteiger partial charge in [0.1, 0.15) is 6.29 Å². The molecular formula is C16H16N2O2. The van der Waals surface area contributed by atoms with Crippen molar-refractivity contribution in [3.63, 3.8) is 0 Å². The fraction of sp³-hybridized carbons (Fsp3) is 0.125. The molecule has 1 unspecified atom stereocenters. The SMILES string of the molecule is NC(C=O)Cc1ccc(NC(=O)c2ccccc2)cc1. The van der Waals surface area contributed by atoms with Crippen LogP contribution in [0.3, 0.4) is 0 Å². The summed E-state index contributed by atoms with van der Waals surface area (Å²) in [5.41, 5.74) is 7.84. The number of hydrogen-bond donors (Lipinski definition) is 2. The number of hydrogen-bond acceptors (Lipinski definition) is 3. The number of aldehydes is 1. The van der Waals surface area contributed by atoms with Gasteiger partial charge in [0.15, 0.2) is 0 Å². The highest BCUT2D eigenvalue weighted by Gasteiger charge is 2.06. The molecule has 2 aromatic rings. The van der Waals surface area contributed by atoms with Crippen molar-refractivity contribution in [1.82, 2.24) is 0 Å². The molecule has 0 spiro atoms.